The van der Waals surface area contributed by atoms with E-state index in [2.05, 4.69) is 13.8 Å². The van der Waals surface area contributed by atoms with Crippen molar-refractivity contribution in [1.29, 1.82) is 0 Å². The summed E-state index contributed by atoms with van der Waals surface area (Å²) >= 11 is 0. The Morgan fingerprint density at radius 3 is 0.857 bits per heavy atom. The average Bonchev–Trinajstić information content (AvgIpc) is 2.87. The summed E-state index contributed by atoms with van der Waals surface area (Å²) in [6.07, 6.45) is 28.2. The largest absolute Gasteiger partial charge is 0.394 e. The molecule has 0 aromatic rings. The molecule has 2 N–H and O–H groups in total. The van der Waals surface area contributed by atoms with Gasteiger partial charge >= 0.3 is 0 Å². The summed E-state index contributed by atoms with van der Waals surface area (Å²) in [7, 11) is 0. The second-order valence-corrected chi connectivity index (χ2v) is 9.65. The van der Waals surface area contributed by atoms with Crippen LogP contribution in [0.5, 0.6) is 0 Å². The predicted molar refractivity (Wildman–Crippen MR) is 150 cm³/mol. The van der Waals surface area contributed by atoms with E-state index in [-0.39, 0.29) is 13.2 Å². The highest BCUT2D eigenvalue weighted by atomic mass is 16.5. The Hall–Kier alpha value is -0.200. The van der Waals surface area contributed by atoms with Gasteiger partial charge in [-0.1, -0.05) is 129 Å². The molecular formula is C30H64O5. The molecule has 0 aromatic carbocycles. The molecule has 5 heteroatoms. The van der Waals surface area contributed by atoms with Gasteiger partial charge in [0.15, 0.2) is 0 Å². The smallest absolute Gasteiger partial charge is 0.0701 e. The zero-order valence-corrected chi connectivity index (χ0v) is 23.9. The van der Waals surface area contributed by atoms with Crippen molar-refractivity contribution in [3.05, 3.63) is 0 Å². The number of unbranched alkanes of at least 4 members (excludes halogenated alkanes) is 18. The summed E-state index contributed by atoms with van der Waals surface area (Å²) in [5.41, 5.74) is 0. The molecule has 0 spiro atoms. The zero-order valence-electron chi connectivity index (χ0n) is 23.9. The highest BCUT2D eigenvalue weighted by Gasteiger charge is 1.95. The second kappa shape index (κ2) is 38.3. The number of ether oxygens (including phenoxy) is 3. The molecule has 0 saturated carbocycles. The fourth-order valence-electron chi connectivity index (χ4n) is 3.94. The molecule has 0 atom stereocenters. The summed E-state index contributed by atoms with van der Waals surface area (Å²) in [5, 5.41) is 16.5. The van der Waals surface area contributed by atoms with Crippen LogP contribution in [0.15, 0.2) is 0 Å². The van der Waals surface area contributed by atoms with Gasteiger partial charge in [0.25, 0.3) is 0 Å². The summed E-state index contributed by atoms with van der Waals surface area (Å²) in [4.78, 5) is 0. The molecule has 5 nitrogen and oxygen atoms in total. The van der Waals surface area contributed by atoms with Gasteiger partial charge in [-0.2, -0.15) is 0 Å². The lowest BCUT2D eigenvalue weighted by Crippen LogP contribution is -2.09. The molecule has 0 bridgehead atoms. The van der Waals surface area contributed by atoms with Crippen LogP contribution in [0.4, 0.5) is 0 Å². The first-order chi connectivity index (χ1) is 17.3. The van der Waals surface area contributed by atoms with Crippen LogP contribution in [-0.4, -0.2) is 63.1 Å². The van der Waals surface area contributed by atoms with Crippen LogP contribution in [0.25, 0.3) is 0 Å². The molecular weight excluding hydrogens is 440 g/mol. The van der Waals surface area contributed by atoms with E-state index >= 15 is 0 Å². The van der Waals surface area contributed by atoms with Crippen molar-refractivity contribution >= 4 is 0 Å². The van der Waals surface area contributed by atoms with Crippen LogP contribution in [0.3, 0.4) is 0 Å². The van der Waals surface area contributed by atoms with E-state index in [1.165, 1.54) is 128 Å². The average molecular weight is 505 g/mol. The highest BCUT2D eigenvalue weighted by molar-refractivity contribution is 4.49. The Bertz CT molecular complexity index is 298. The Labute approximate surface area is 219 Å². The molecule has 214 valence electrons. The van der Waals surface area contributed by atoms with Crippen molar-refractivity contribution in [3.63, 3.8) is 0 Å². The summed E-state index contributed by atoms with van der Waals surface area (Å²) in [6.45, 7) is 8.30. The third kappa shape index (κ3) is 41.2. The quantitative estimate of drug-likeness (QED) is 0.102. The molecule has 0 amide bonds. The van der Waals surface area contributed by atoms with Crippen molar-refractivity contribution in [2.45, 2.75) is 142 Å². The maximum atomic E-state index is 8.26. The van der Waals surface area contributed by atoms with E-state index in [1.54, 1.807) is 0 Å². The van der Waals surface area contributed by atoms with Gasteiger partial charge in [0.2, 0.25) is 0 Å². The van der Waals surface area contributed by atoms with E-state index in [0.717, 1.165) is 13.2 Å². The van der Waals surface area contributed by atoms with Gasteiger partial charge in [-0.05, 0) is 12.8 Å². The standard InChI is InChI=1S/C24H50O.C6H14O4/c1-3-5-7-9-11-13-15-17-19-21-23-25-24-22-20-18-16-14-12-10-8-6-4-2;7-1-3-9-5-6-10-4-2-8/h3-24H2,1-2H3;7-8H,1-6H2. The first-order valence-corrected chi connectivity index (χ1v) is 15.3. The van der Waals surface area contributed by atoms with Crippen LogP contribution in [0.2, 0.25) is 0 Å². The van der Waals surface area contributed by atoms with Gasteiger partial charge in [-0.25, -0.2) is 0 Å². The van der Waals surface area contributed by atoms with Crippen molar-refractivity contribution in [2.75, 3.05) is 52.9 Å². The Kier molecular flexibility index (Phi) is 40.5. The first-order valence-electron chi connectivity index (χ1n) is 15.3. The molecule has 0 heterocycles. The van der Waals surface area contributed by atoms with Crippen molar-refractivity contribution in [2.24, 2.45) is 0 Å². The normalized spacial score (nSPS) is 11.0. The topological polar surface area (TPSA) is 68.2 Å². The molecule has 0 rings (SSSR count). The fourth-order valence-corrected chi connectivity index (χ4v) is 3.94. The van der Waals surface area contributed by atoms with Gasteiger partial charge in [-0.15, -0.1) is 0 Å². The van der Waals surface area contributed by atoms with Crippen molar-refractivity contribution in [1.82, 2.24) is 0 Å². The lowest BCUT2D eigenvalue weighted by molar-refractivity contribution is 0.0222. The Morgan fingerprint density at radius 1 is 0.314 bits per heavy atom. The maximum Gasteiger partial charge on any atom is 0.0701 e. The number of hydrogen-bond donors (Lipinski definition) is 2. The number of aliphatic hydroxyl groups is 2. The first kappa shape index (κ1) is 37.0. The van der Waals surface area contributed by atoms with E-state index in [9.17, 15) is 0 Å². The van der Waals surface area contributed by atoms with Crippen molar-refractivity contribution < 1.29 is 24.4 Å². The number of aliphatic hydroxyl groups excluding tert-OH is 2. The molecule has 0 aliphatic heterocycles. The SMILES string of the molecule is CCCCCCCCCCCCOCCCCCCCCCCCC.OCCOCCOCCO. The van der Waals surface area contributed by atoms with Gasteiger partial charge in [0.1, 0.15) is 0 Å². The molecule has 0 unspecified atom stereocenters. The van der Waals surface area contributed by atoms with Gasteiger partial charge in [0, 0.05) is 13.2 Å². The molecule has 0 saturated heterocycles. The summed E-state index contributed by atoms with van der Waals surface area (Å²) < 4.78 is 15.5. The lowest BCUT2D eigenvalue weighted by atomic mass is 10.1. The zero-order chi connectivity index (χ0) is 25.9. The van der Waals surface area contributed by atoms with Crippen LogP contribution in [0, 0.1) is 0 Å². The number of rotatable bonds is 29. The van der Waals surface area contributed by atoms with Crippen LogP contribution in [0.1, 0.15) is 142 Å². The van der Waals surface area contributed by atoms with Crippen molar-refractivity contribution in [3.8, 4) is 0 Å². The predicted octanol–water partition coefficient (Wildman–Crippen LogP) is 7.85. The molecule has 0 radical (unpaired) electrons. The second-order valence-electron chi connectivity index (χ2n) is 9.65. The Morgan fingerprint density at radius 2 is 0.571 bits per heavy atom. The monoisotopic (exact) mass is 504 g/mol. The van der Waals surface area contributed by atoms with Gasteiger partial charge in [0.05, 0.1) is 39.6 Å². The third-order valence-corrected chi connectivity index (χ3v) is 6.13. The lowest BCUT2D eigenvalue weighted by Gasteiger charge is -2.05. The fraction of sp³-hybridized carbons (Fsp3) is 1.00. The minimum atomic E-state index is 0.0417. The third-order valence-electron chi connectivity index (χ3n) is 6.13. The van der Waals surface area contributed by atoms with Gasteiger partial charge < -0.3 is 24.4 Å². The maximum absolute atomic E-state index is 8.26. The summed E-state index contributed by atoms with van der Waals surface area (Å²) in [5.74, 6) is 0. The van der Waals surface area contributed by atoms with E-state index in [1.807, 2.05) is 0 Å². The van der Waals surface area contributed by atoms with Gasteiger partial charge in [-0.3, -0.25) is 0 Å². The molecule has 0 aliphatic rings. The summed E-state index contributed by atoms with van der Waals surface area (Å²) in [6, 6.07) is 0. The van der Waals surface area contributed by atoms with E-state index < -0.39 is 0 Å². The minimum Gasteiger partial charge on any atom is -0.394 e. The number of hydrogen-bond acceptors (Lipinski definition) is 5. The van der Waals surface area contributed by atoms with E-state index in [0.29, 0.717) is 26.4 Å². The van der Waals surface area contributed by atoms with Crippen LogP contribution in [-0.2, 0) is 14.2 Å². The van der Waals surface area contributed by atoms with E-state index in [4.69, 9.17) is 24.4 Å². The highest BCUT2D eigenvalue weighted by Crippen LogP contribution is 2.12. The molecule has 0 aromatic heterocycles. The molecule has 0 fully saturated rings. The minimum absolute atomic E-state index is 0.0417. The molecule has 0 aliphatic carbocycles. The Balaban J connectivity index is 0. The van der Waals surface area contributed by atoms with Crippen LogP contribution < -0.4 is 0 Å². The molecule has 35 heavy (non-hydrogen) atoms. The van der Waals surface area contributed by atoms with Crippen LogP contribution >= 0.6 is 0 Å².